The van der Waals surface area contributed by atoms with Crippen LogP contribution in [0.1, 0.15) is 54.2 Å². The second kappa shape index (κ2) is 6.84. The third kappa shape index (κ3) is 3.25. The Kier molecular flexibility index (Phi) is 4.57. The first kappa shape index (κ1) is 19.4. The highest BCUT2D eigenvalue weighted by Crippen LogP contribution is 2.50. The average molecular weight is 387 g/mol. The molecule has 0 N–H and O–H groups in total. The number of amides is 1. The van der Waals surface area contributed by atoms with Crippen LogP contribution in [0, 0.1) is 12.7 Å². The minimum atomic E-state index is -0.447. The third-order valence-corrected chi connectivity index (χ3v) is 6.09. The second-order valence-electron chi connectivity index (χ2n) is 8.86. The molecule has 0 spiro atoms. The van der Waals surface area contributed by atoms with Gasteiger partial charge in [-0.25, -0.2) is 4.39 Å². The van der Waals surface area contributed by atoms with Crippen molar-refractivity contribution in [1.29, 1.82) is 0 Å². The van der Waals surface area contributed by atoms with Gasteiger partial charge in [0.2, 0.25) is 0 Å². The van der Waals surface area contributed by atoms with E-state index < -0.39 is 11.4 Å². The first-order valence-corrected chi connectivity index (χ1v) is 9.99. The quantitative estimate of drug-likeness (QED) is 0.507. The molecule has 2 nitrogen and oxygen atoms in total. The maximum absolute atomic E-state index is 13.8. The molecule has 148 valence electrons. The first-order valence-electron chi connectivity index (χ1n) is 9.99. The number of para-hydroxylation sites is 1. The van der Waals surface area contributed by atoms with E-state index in [4.69, 9.17) is 0 Å². The van der Waals surface area contributed by atoms with Crippen molar-refractivity contribution in [2.45, 2.75) is 45.1 Å². The molecule has 29 heavy (non-hydrogen) atoms. The number of benzene rings is 3. The van der Waals surface area contributed by atoms with Gasteiger partial charge in [0, 0.05) is 22.2 Å². The van der Waals surface area contributed by atoms with Crippen molar-refractivity contribution in [3.63, 3.8) is 0 Å². The Morgan fingerprint density at radius 3 is 2.31 bits per heavy atom. The lowest BCUT2D eigenvalue weighted by Crippen LogP contribution is -2.55. The van der Waals surface area contributed by atoms with E-state index in [0.29, 0.717) is 5.56 Å². The number of anilines is 1. The Hall–Kier alpha value is -2.94. The van der Waals surface area contributed by atoms with Gasteiger partial charge in [0.05, 0.1) is 0 Å². The lowest BCUT2D eigenvalue weighted by Gasteiger charge is -2.51. The average Bonchev–Trinajstić information content (AvgIpc) is 2.67. The predicted molar refractivity (Wildman–Crippen MR) is 116 cm³/mol. The van der Waals surface area contributed by atoms with Gasteiger partial charge in [0.1, 0.15) is 5.82 Å². The molecule has 1 heterocycles. The number of hydrogen-bond acceptors (Lipinski definition) is 1. The van der Waals surface area contributed by atoms with E-state index >= 15 is 0 Å². The monoisotopic (exact) mass is 387 g/mol. The number of rotatable bonds is 2. The van der Waals surface area contributed by atoms with Gasteiger partial charge in [-0.1, -0.05) is 61.0 Å². The van der Waals surface area contributed by atoms with Gasteiger partial charge in [0.15, 0.2) is 0 Å². The van der Waals surface area contributed by atoms with Crippen molar-refractivity contribution in [2.24, 2.45) is 0 Å². The van der Waals surface area contributed by atoms with Crippen LogP contribution in [0.15, 0.2) is 72.8 Å². The molecule has 0 radical (unpaired) electrons. The van der Waals surface area contributed by atoms with Crippen molar-refractivity contribution < 1.29 is 9.18 Å². The number of hydrogen-bond donors (Lipinski definition) is 0. The summed E-state index contributed by atoms with van der Waals surface area (Å²) in [5, 5.41) is 0. The molecule has 0 saturated heterocycles. The van der Waals surface area contributed by atoms with Gasteiger partial charge >= 0.3 is 0 Å². The van der Waals surface area contributed by atoms with E-state index in [1.807, 2.05) is 23.1 Å². The van der Waals surface area contributed by atoms with Gasteiger partial charge in [-0.2, -0.15) is 0 Å². The minimum absolute atomic E-state index is 0.173. The maximum Gasteiger partial charge on any atom is 0.258 e. The Morgan fingerprint density at radius 2 is 1.62 bits per heavy atom. The van der Waals surface area contributed by atoms with Crippen molar-refractivity contribution in [2.75, 3.05) is 4.90 Å². The molecule has 1 aliphatic heterocycles. The number of carbonyl (C=O) groups excluding carboxylic acids is 1. The summed E-state index contributed by atoms with van der Waals surface area (Å²) in [5.41, 5.74) is 4.16. The van der Waals surface area contributed by atoms with Crippen molar-refractivity contribution in [3.05, 3.63) is 101 Å². The fourth-order valence-corrected chi connectivity index (χ4v) is 4.81. The van der Waals surface area contributed by atoms with Gasteiger partial charge in [0.25, 0.3) is 5.91 Å². The van der Waals surface area contributed by atoms with E-state index in [1.165, 1.54) is 23.3 Å². The van der Waals surface area contributed by atoms with Crippen LogP contribution in [0.2, 0.25) is 0 Å². The molecule has 1 amide bonds. The molecule has 1 atom stereocenters. The summed E-state index contributed by atoms with van der Waals surface area (Å²) < 4.78 is 13.8. The summed E-state index contributed by atoms with van der Waals surface area (Å²) in [5.74, 6) is -0.573. The van der Waals surface area contributed by atoms with Crippen LogP contribution >= 0.6 is 0 Å². The predicted octanol–water partition coefficient (Wildman–Crippen LogP) is 6.27. The molecule has 4 rings (SSSR count). The zero-order valence-electron chi connectivity index (χ0n) is 17.4. The van der Waals surface area contributed by atoms with Crippen LogP contribution in [0.25, 0.3) is 0 Å². The molecular formula is C26H26FNO. The number of halogens is 1. The lowest BCUT2D eigenvalue weighted by molar-refractivity contribution is 0.0948. The summed E-state index contributed by atoms with van der Waals surface area (Å²) >= 11 is 0. The van der Waals surface area contributed by atoms with Crippen molar-refractivity contribution in [3.8, 4) is 0 Å². The number of nitrogens with zero attached hydrogens (tertiary/aromatic N) is 1. The molecule has 0 aromatic heterocycles. The zero-order valence-corrected chi connectivity index (χ0v) is 17.4. The van der Waals surface area contributed by atoms with Crippen molar-refractivity contribution >= 4 is 11.6 Å². The normalized spacial score (nSPS) is 20.2. The van der Waals surface area contributed by atoms with Gasteiger partial charge in [-0.3, -0.25) is 4.79 Å². The zero-order chi connectivity index (χ0) is 20.8. The Bertz CT molecular complexity index is 1070. The molecule has 1 unspecified atom stereocenters. The highest BCUT2D eigenvalue weighted by atomic mass is 19.1. The molecule has 3 aromatic carbocycles. The summed E-state index contributed by atoms with van der Waals surface area (Å²) in [6.45, 7) is 8.52. The molecule has 0 saturated carbocycles. The fraction of sp³-hybridized carbons (Fsp3) is 0.269. The molecule has 0 bridgehead atoms. The number of fused-ring (bicyclic) bond motifs is 1. The van der Waals surface area contributed by atoms with E-state index in [2.05, 4.69) is 58.0 Å². The smallest absolute Gasteiger partial charge is 0.258 e. The lowest BCUT2D eigenvalue weighted by atomic mass is 9.65. The van der Waals surface area contributed by atoms with Gasteiger partial charge in [-0.15, -0.1) is 0 Å². The molecule has 1 aliphatic rings. The summed E-state index contributed by atoms with van der Waals surface area (Å²) in [7, 11) is 0. The summed E-state index contributed by atoms with van der Waals surface area (Å²) in [6, 6.07) is 22.7. The number of aryl methyl sites for hydroxylation is 1. The highest BCUT2D eigenvalue weighted by molar-refractivity contribution is 6.08. The van der Waals surface area contributed by atoms with Crippen LogP contribution in [0.4, 0.5) is 10.1 Å². The first-order chi connectivity index (χ1) is 13.7. The van der Waals surface area contributed by atoms with Crippen LogP contribution < -0.4 is 4.90 Å². The Morgan fingerprint density at radius 1 is 0.931 bits per heavy atom. The van der Waals surface area contributed by atoms with Crippen LogP contribution in [0.3, 0.4) is 0 Å². The topological polar surface area (TPSA) is 20.3 Å². The molecular weight excluding hydrogens is 361 g/mol. The third-order valence-electron chi connectivity index (χ3n) is 6.09. The van der Waals surface area contributed by atoms with Crippen LogP contribution in [-0.4, -0.2) is 11.4 Å². The fourth-order valence-electron chi connectivity index (χ4n) is 4.81. The SMILES string of the molecule is Cc1ccc(C2(C)CC(C)(C)N(C(=O)c3cccc(F)c3)c3ccccc32)cc1. The van der Waals surface area contributed by atoms with Crippen molar-refractivity contribution in [1.82, 2.24) is 0 Å². The minimum Gasteiger partial charge on any atom is -0.302 e. The summed E-state index contributed by atoms with van der Waals surface area (Å²) in [6.07, 6.45) is 0.765. The molecule has 0 fully saturated rings. The van der Waals surface area contributed by atoms with E-state index in [9.17, 15) is 9.18 Å². The molecule has 3 heteroatoms. The Balaban J connectivity index is 1.88. The van der Waals surface area contributed by atoms with Crippen LogP contribution in [0.5, 0.6) is 0 Å². The van der Waals surface area contributed by atoms with E-state index in [1.54, 1.807) is 12.1 Å². The largest absolute Gasteiger partial charge is 0.302 e. The standard InChI is InChI=1S/C26H26FNO/c1-18-12-14-20(15-13-18)26(4)17-25(2,3)28(23-11-6-5-10-22(23)26)24(29)19-8-7-9-21(27)16-19/h5-16H,17H2,1-4H3. The second-order valence-corrected chi connectivity index (χ2v) is 8.86. The number of carbonyl (C=O) groups is 1. The van der Waals surface area contributed by atoms with Gasteiger partial charge in [-0.05, 0) is 62.6 Å². The maximum atomic E-state index is 13.8. The Labute approximate surface area is 172 Å². The van der Waals surface area contributed by atoms with E-state index in [0.717, 1.165) is 17.7 Å². The molecule has 0 aliphatic carbocycles. The van der Waals surface area contributed by atoms with Crippen LogP contribution in [-0.2, 0) is 5.41 Å². The summed E-state index contributed by atoms with van der Waals surface area (Å²) in [4.78, 5) is 15.3. The van der Waals surface area contributed by atoms with E-state index in [-0.39, 0.29) is 11.3 Å². The molecule has 3 aromatic rings. The van der Waals surface area contributed by atoms with Gasteiger partial charge < -0.3 is 4.90 Å². The highest BCUT2D eigenvalue weighted by Gasteiger charge is 2.47.